The van der Waals surface area contributed by atoms with Gasteiger partial charge in [-0.15, -0.1) is 0 Å². The minimum atomic E-state index is -0.194. The molecule has 3 N–H and O–H groups in total. The predicted octanol–water partition coefficient (Wildman–Crippen LogP) is 1.55. The highest BCUT2D eigenvalue weighted by Crippen LogP contribution is 2.22. The van der Waals surface area contributed by atoms with E-state index in [-0.39, 0.29) is 12.1 Å². The number of nitrogens with two attached hydrogens (primary N) is 1. The second-order valence-electron chi connectivity index (χ2n) is 4.67. The maximum Gasteiger partial charge on any atom is 0.260 e. The lowest BCUT2D eigenvalue weighted by atomic mass is 10.0. The highest BCUT2D eigenvalue weighted by atomic mass is 16.1. The zero-order valence-corrected chi connectivity index (χ0v) is 10.8. The van der Waals surface area contributed by atoms with E-state index < -0.39 is 0 Å². The van der Waals surface area contributed by atoms with Crippen molar-refractivity contribution < 1.29 is 0 Å². The zero-order valence-electron chi connectivity index (χ0n) is 10.8. The molecule has 0 atom stereocenters. The third kappa shape index (κ3) is 1.79. The number of hydrogen-bond donors (Lipinski definition) is 2. The Morgan fingerprint density at radius 2 is 1.89 bits per heavy atom. The fourth-order valence-electron chi connectivity index (χ4n) is 2.23. The van der Waals surface area contributed by atoms with E-state index in [0.29, 0.717) is 16.9 Å². The Hall–Kier alpha value is -2.27. The van der Waals surface area contributed by atoms with Gasteiger partial charge in [-0.1, -0.05) is 12.1 Å². The second-order valence-corrected chi connectivity index (χ2v) is 4.67. The summed E-state index contributed by atoms with van der Waals surface area (Å²) in [5.41, 5.74) is 8.82. The molecule has 96 valence electrons. The van der Waals surface area contributed by atoms with Gasteiger partial charge in [-0.05, 0) is 31.0 Å². The number of aromatic nitrogens is 3. The average Bonchev–Trinajstić information content (AvgIpc) is 2.41. The molecule has 2 heterocycles. The molecule has 3 rings (SSSR count). The first-order chi connectivity index (χ1) is 9.10. The van der Waals surface area contributed by atoms with E-state index in [9.17, 15) is 4.79 Å². The molecule has 19 heavy (non-hydrogen) atoms. The minimum absolute atomic E-state index is 0.192. The predicted molar refractivity (Wildman–Crippen MR) is 75.0 cm³/mol. The second kappa shape index (κ2) is 4.13. The number of benzene rings is 1. The Labute approximate surface area is 109 Å². The average molecular weight is 254 g/mol. The number of aryl methyl sites for hydroxylation is 2. The summed E-state index contributed by atoms with van der Waals surface area (Å²) in [5, 5.41) is 1.48. The van der Waals surface area contributed by atoms with Gasteiger partial charge >= 0.3 is 0 Å². The molecular weight excluding hydrogens is 240 g/mol. The van der Waals surface area contributed by atoms with Crippen LogP contribution in [0.3, 0.4) is 0 Å². The quantitative estimate of drug-likeness (QED) is 0.645. The number of rotatable bonds is 1. The molecule has 0 amide bonds. The van der Waals surface area contributed by atoms with Crippen LogP contribution in [0.1, 0.15) is 17.0 Å². The van der Waals surface area contributed by atoms with Crippen LogP contribution in [0.25, 0.3) is 21.9 Å². The van der Waals surface area contributed by atoms with Crippen molar-refractivity contribution in [3.8, 4) is 0 Å². The molecule has 0 aliphatic rings. The van der Waals surface area contributed by atoms with E-state index in [1.54, 1.807) is 0 Å². The van der Waals surface area contributed by atoms with Gasteiger partial charge in [-0.25, -0.2) is 9.97 Å². The molecule has 3 aromatic rings. The van der Waals surface area contributed by atoms with Crippen molar-refractivity contribution in [2.45, 2.75) is 20.4 Å². The molecule has 0 unspecified atom stereocenters. The Morgan fingerprint density at radius 3 is 2.63 bits per heavy atom. The number of nitrogens with zero attached hydrogens (tertiary/aromatic N) is 2. The fraction of sp³-hybridized carbons (Fsp3) is 0.214. The lowest BCUT2D eigenvalue weighted by molar-refractivity contribution is 0.908. The highest BCUT2D eigenvalue weighted by Gasteiger charge is 2.09. The van der Waals surface area contributed by atoms with E-state index in [1.807, 2.05) is 32.0 Å². The van der Waals surface area contributed by atoms with Crippen molar-refractivity contribution in [2.24, 2.45) is 5.73 Å². The van der Waals surface area contributed by atoms with Crippen molar-refractivity contribution in [1.29, 1.82) is 0 Å². The number of nitrogens with one attached hydrogen (secondary N) is 1. The third-order valence-corrected chi connectivity index (χ3v) is 3.32. The summed E-state index contributed by atoms with van der Waals surface area (Å²) >= 11 is 0. The SMILES string of the molecule is Cc1ccc(C)c2nc3nc(CN)[nH]c(=O)c3cc12. The van der Waals surface area contributed by atoms with Crippen molar-refractivity contribution in [3.63, 3.8) is 0 Å². The fourth-order valence-corrected chi connectivity index (χ4v) is 2.23. The summed E-state index contributed by atoms with van der Waals surface area (Å²) in [7, 11) is 0. The van der Waals surface area contributed by atoms with Crippen LogP contribution in [0.5, 0.6) is 0 Å². The molecule has 0 aliphatic heterocycles. The number of H-pyrrole nitrogens is 1. The molecule has 0 saturated heterocycles. The molecule has 2 aromatic heterocycles. The number of pyridine rings is 1. The van der Waals surface area contributed by atoms with Crippen molar-refractivity contribution >= 4 is 21.9 Å². The summed E-state index contributed by atoms with van der Waals surface area (Å²) in [6.45, 7) is 4.19. The molecule has 5 heteroatoms. The zero-order chi connectivity index (χ0) is 13.6. The molecule has 1 aromatic carbocycles. The molecular formula is C14H14N4O. The van der Waals surface area contributed by atoms with E-state index in [2.05, 4.69) is 15.0 Å². The lowest BCUT2D eigenvalue weighted by Gasteiger charge is -2.07. The van der Waals surface area contributed by atoms with Crippen LogP contribution >= 0.6 is 0 Å². The lowest BCUT2D eigenvalue weighted by Crippen LogP contribution is -2.15. The first-order valence-electron chi connectivity index (χ1n) is 6.10. The van der Waals surface area contributed by atoms with E-state index >= 15 is 0 Å². The van der Waals surface area contributed by atoms with Gasteiger partial charge in [0, 0.05) is 5.39 Å². The van der Waals surface area contributed by atoms with E-state index in [0.717, 1.165) is 22.0 Å². The Balaban J connectivity index is 2.52. The van der Waals surface area contributed by atoms with Crippen molar-refractivity contribution in [3.05, 3.63) is 45.5 Å². The number of fused-ring (bicyclic) bond motifs is 2. The van der Waals surface area contributed by atoms with Gasteiger partial charge in [-0.2, -0.15) is 0 Å². The van der Waals surface area contributed by atoms with Crippen LogP contribution in [-0.2, 0) is 6.54 Å². The third-order valence-electron chi connectivity index (χ3n) is 3.32. The summed E-state index contributed by atoms with van der Waals surface area (Å²) in [4.78, 5) is 23.5. The topological polar surface area (TPSA) is 84.7 Å². The summed E-state index contributed by atoms with van der Waals surface area (Å²) in [6.07, 6.45) is 0. The Kier molecular flexibility index (Phi) is 2.57. The summed E-state index contributed by atoms with van der Waals surface area (Å²) in [5.74, 6) is 0.453. The molecule has 0 bridgehead atoms. The maximum absolute atomic E-state index is 12.0. The molecule has 0 fully saturated rings. The van der Waals surface area contributed by atoms with Gasteiger partial charge in [0.05, 0.1) is 17.4 Å². The minimum Gasteiger partial charge on any atom is -0.324 e. The smallest absolute Gasteiger partial charge is 0.260 e. The Morgan fingerprint density at radius 1 is 1.16 bits per heavy atom. The van der Waals surface area contributed by atoms with Gasteiger partial charge in [0.15, 0.2) is 5.65 Å². The monoisotopic (exact) mass is 254 g/mol. The maximum atomic E-state index is 12.0. The summed E-state index contributed by atoms with van der Waals surface area (Å²) < 4.78 is 0. The van der Waals surface area contributed by atoms with Crippen molar-refractivity contribution in [1.82, 2.24) is 15.0 Å². The van der Waals surface area contributed by atoms with Gasteiger partial charge in [0.25, 0.3) is 5.56 Å². The number of aromatic amines is 1. The van der Waals surface area contributed by atoms with Gasteiger partial charge in [0.1, 0.15) is 5.82 Å². The van der Waals surface area contributed by atoms with Crippen molar-refractivity contribution in [2.75, 3.05) is 0 Å². The first kappa shape index (κ1) is 11.8. The van der Waals surface area contributed by atoms with Crippen LogP contribution < -0.4 is 11.3 Å². The molecule has 0 radical (unpaired) electrons. The van der Waals surface area contributed by atoms with E-state index in [1.165, 1.54) is 0 Å². The molecule has 0 saturated carbocycles. The first-order valence-corrected chi connectivity index (χ1v) is 6.10. The molecule has 5 nitrogen and oxygen atoms in total. The standard InChI is InChI=1S/C14H14N4O/c1-7-3-4-8(2)12-9(7)5-10-13(18-12)16-11(6-15)17-14(10)19/h3-5H,6,15H2,1-2H3,(H,16,17,18,19). The highest BCUT2D eigenvalue weighted by molar-refractivity contribution is 5.94. The van der Waals surface area contributed by atoms with E-state index in [4.69, 9.17) is 5.73 Å². The van der Waals surface area contributed by atoms with Gasteiger partial charge < -0.3 is 10.7 Å². The molecule has 0 aliphatic carbocycles. The van der Waals surface area contributed by atoms with Crippen LogP contribution in [0.2, 0.25) is 0 Å². The van der Waals surface area contributed by atoms with Crippen LogP contribution in [0.15, 0.2) is 23.0 Å². The van der Waals surface area contributed by atoms with Crippen LogP contribution in [0.4, 0.5) is 0 Å². The molecule has 0 spiro atoms. The van der Waals surface area contributed by atoms with Gasteiger partial charge in [-0.3, -0.25) is 4.79 Å². The summed E-state index contributed by atoms with van der Waals surface area (Å²) in [6, 6.07) is 5.90. The Bertz CT molecular complexity index is 851. The van der Waals surface area contributed by atoms with Crippen LogP contribution in [0, 0.1) is 13.8 Å². The van der Waals surface area contributed by atoms with Crippen LogP contribution in [-0.4, -0.2) is 15.0 Å². The largest absolute Gasteiger partial charge is 0.324 e. The number of hydrogen-bond acceptors (Lipinski definition) is 4. The van der Waals surface area contributed by atoms with Gasteiger partial charge in [0.2, 0.25) is 0 Å². The normalized spacial score (nSPS) is 11.3.